The van der Waals surface area contributed by atoms with E-state index >= 15 is 0 Å². The number of anilines is 1. The van der Waals surface area contributed by atoms with E-state index in [-0.39, 0.29) is 23.1 Å². The molecule has 9 nitrogen and oxygen atoms in total. The minimum Gasteiger partial charge on any atom is -0.320 e. The van der Waals surface area contributed by atoms with Gasteiger partial charge in [-0.25, -0.2) is 0 Å². The number of nitrogens with one attached hydrogen (secondary N) is 5. The molecule has 0 spiro atoms. The molecular formula is C36H41N7O2S. The Kier molecular flexibility index (Phi) is 12.0. The second-order valence-electron chi connectivity index (χ2n) is 11.0. The van der Waals surface area contributed by atoms with Crippen LogP contribution in [0.25, 0.3) is 22.3 Å². The Morgan fingerprint density at radius 2 is 1.76 bits per heavy atom. The Morgan fingerprint density at radius 3 is 2.41 bits per heavy atom. The molecule has 0 bridgehead atoms. The minimum atomic E-state index is -0.358. The summed E-state index contributed by atoms with van der Waals surface area (Å²) in [6.07, 6.45) is 5.71. The highest BCUT2D eigenvalue weighted by Gasteiger charge is 2.15. The van der Waals surface area contributed by atoms with E-state index in [0.29, 0.717) is 36.5 Å². The highest BCUT2D eigenvalue weighted by molar-refractivity contribution is 8.01. The van der Waals surface area contributed by atoms with Crippen LogP contribution < -0.4 is 20.8 Å². The van der Waals surface area contributed by atoms with Crippen LogP contribution in [-0.4, -0.2) is 46.7 Å². The molecule has 0 aliphatic heterocycles. The molecule has 1 amide bonds. The molecule has 2 aromatic carbocycles. The van der Waals surface area contributed by atoms with E-state index in [9.17, 15) is 9.59 Å². The van der Waals surface area contributed by atoms with Crippen molar-refractivity contribution in [3.8, 4) is 22.3 Å². The molecule has 238 valence electrons. The standard InChI is InChI=1S/C36H41N7O2S/c1-6-23(3)46-42-28(7-2)20-39-21-35(38)43-17-16-27(18-34(43)37)29-10-8-11-30(24(29)4)31-12-9-13-32(25(31)5)41-36(45)33-15-14-26(22-44)19-40-33/h8-19,22,28,37-39,42H,3,6-7,20-21H2,1-2,4-5H3,(H,41,45)/t28-/m0/s1. The zero-order valence-corrected chi connectivity index (χ0v) is 27.6. The molecule has 2 aromatic heterocycles. The average molecular weight is 636 g/mol. The van der Waals surface area contributed by atoms with Crippen LogP contribution in [0.2, 0.25) is 0 Å². The summed E-state index contributed by atoms with van der Waals surface area (Å²) in [6, 6.07) is 18.9. The number of benzene rings is 2. The normalized spacial score (nSPS) is 11.6. The minimum absolute atomic E-state index is 0.222. The summed E-state index contributed by atoms with van der Waals surface area (Å²) in [5.41, 5.74) is 7.33. The van der Waals surface area contributed by atoms with E-state index in [1.54, 1.807) is 34.8 Å². The Balaban J connectivity index is 1.49. The number of carbonyl (C=O) groups excluding carboxylic acids is 2. The lowest BCUT2D eigenvalue weighted by Crippen LogP contribution is -2.40. The molecule has 46 heavy (non-hydrogen) atoms. The molecule has 0 aliphatic rings. The van der Waals surface area contributed by atoms with E-state index in [4.69, 9.17) is 10.8 Å². The smallest absolute Gasteiger partial charge is 0.274 e. The summed E-state index contributed by atoms with van der Waals surface area (Å²) in [4.78, 5) is 29.0. The first kappa shape index (κ1) is 34.2. The third kappa shape index (κ3) is 8.33. The molecule has 4 aromatic rings. The molecule has 4 rings (SSSR count). The van der Waals surface area contributed by atoms with Gasteiger partial charge in [0.2, 0.25) is 0 Å². The van der Waals surface area contributed by atoms with Gasteiger partial charge < -0.3 is 10.6 Å². The monoisotopic (exact) mass is 635 g/mol. The van der Waals surface area contributed by atoms with Gasteiger partial charge in [0.05, 0.1) is 6.54 Å². The van der Waals surface area contributed by atoms with Crippen molar-refractivity contribution < 1.29 is 9.59 Å². The summed E-state index contributed by atoms with van der Waals surface area (Å²) in [5.74, 6) is -0.0597. The molecular weight excluding hydrogens is 595 g/mol. The van der Waals surface area contributed by atoms with E-state index in [1.807, 2.05) is 49.4 Å². The van der Waals surface area contributed by atoms with Crippen LogP contribution in [-0.2, 0) is 0 Å². The van der Waals surface area contributed by atoms with E-state index in [0.717, 1.165) is 51.1 Å². The second-order valence-corrected chi connectivity index (χ2v) is 12.0. The highest BCUT2D eigenvalue weighted by atomic mass is 32.2. The van der Waals surface area contributed by atoms with Gasteiger partial charge in [-0.1, -0.05) is 50.8 Å². The van der Waals surface area contributed by atoms with Crippen LogP contribution in [0.3, 0.4) is 0 Å². The van der Waals surface area contributed by atoms with Crippen molar-refractivity contribution >= 4 is 35.7 Å². The molecule has 0 aliphatic carbocycles. The number of hydrogen-bond donors (Lipinski definition) is 5. The number of nitrogens with zero attached hydrogens (tertiary/aromatic N) is 2. The molecule has 0 unspecified atom stereocenters. The van der Waals surface area contributed by atoms with Crippen molar-refractivity contribution in [1.82, 2.24) is 19.6 Å². The largest absolute Gasteiger partial charge is 0.320 e. The fourth-order valence-corrected chi connectivity index (χ4v) is 5.69. The maximum Gasteiger partial charge on any atom is 0.274 e. The Morgan fingerprint density at radius 1 is 1.04 bits per heavy atom. The van der Waals surface area contributed by atoms with Crippen LogP contribution in [0.5, 0.6) is 0 Å². The second kappa shape index (κ2) is 16.1. The molecule has 5 N–H and O–H groups in total. The average Bonchev–Trinajstić information content (AvgIpc) is 3.07. The SMILES string of the molecule is C=C(CC)SN[C@@H](CC)CNCC(=N)n1ccc(-c2cccc(-c3cccc(NC(=O)c4ccc(C=O)cn4)c3C)c2C)cc1=N. The maximum atomic E-state index is 12.9. The number of allylic oxidation sites excluding steroid dienone is 1. The van der Waals surface area contributed by atoms with Gasteiger partial charge in [-0.05, 0) is 107 Å². The fraction of sp³-hybridized carbons (Fsp3) is 0.250. The lowest BCUT2D eigenvalue weighted by molar-refractivity contribution is 0.102. The molecule has 0 fully saturated rings. The molecule has 0 radical (unpaired) electrons. The number of rotatable bonds is 14. The van der Waals surface area contributed by atoms with Crippen LogP contribution in [0, 0.1) is 24.7 Å². The van der Waals surface area contributed by atoms with Crippen LogP contribution in [0.15, 0.2) is 84.5 Å². The van der Waals surface area contributed by atoms with Crippen LogP contribution in [0.1, 0.15) is 58.7 Å². The first-order valence-electron chi connectivity index (χ1n) is 15.2. The zero-order chi connectivity index (χ0) is 33.2. The van der Waals surface area contributed by atoms with Gasteiger partial charge in [-0.3, -0.25) is 34.7 Å². The van der Waals surface area contributed by atoms with Crippen molar-refractivity contribution in [1.29, 1.82) is 10.8 Å². The van der Waals surface area contributed by atoms with E-state index in [2.05, 4.69) is 47.7 Å². The van der Waals surface area contributed by atoms with Crippen LogP contribution >= 0.6 is 11.9 Å². The number of hydrogen-bond acceptors (Lipinski definition) is 8. The lowest BCUT2D eigenvalue weighted by Gasteiger charge is -2.18. The molecule has 2 heterocycles. The Hall–Kier alpha value is -4.64. The van der Waals surface area contributed by atoms with E-state index in [1.165, 1.54) is 12.3 Å². The number of amides is 1. The number of carbonyl (C=O) groups is 2. The van der Waals surface area contributed by atoms with Gasteiger partial charge in [0, 0.05) is 36.2 Å². The summed E-state index contributed by atoms with van der Waals surface area (Å²) >= 11 is 1.57. The fourth-order valence-electron chi connectivity index (χ4n) is 4.96. The van der Waals surface area contributed by atoms with Crippen molar-refractivity contribution in [3.05, 3.63) is 112 Å². The van der Waals surface area contributed by atoms with Crippen LogP contribution in [0.4, 0.5) is 5.69 Å². The van der Waals surface area contributed by atoms with Gasteiger partial charge in [-0.2, -0.15) is 0 Å². The van der Waals surface area contributed by atoms with Crippen molar-refractivity contribution in [2.45, 2.75) is 46.6 Å². The zero-order valence-electron chi connectivity index (χ0n) is 26.7. The van der Waals surface area contributed by atoms with Gasteiger partial charge in [0.15, 0.2) is 6.29 Å². The number of aldehydes is 1. The summed E-state index contributed by atoms with van der Waals surface area (Å²) < 4.78 is 5.01. The summed E-state index contributed by atoms with van der Waals surface area (Å²) in [7, 11) is 0. The Labute approximate surface area is 274 Å². The topological polar surface area (TPSA) is 136 Å². The molecule has 1 atom stereocenters. The number of pyridine rings is 2. The predicted octanol–water partition coefficient (Wildman–Crippen LogP) is 6.73. The first-order valence-corrected chi connectivity index (χ1v) is 16.1. The van der Waals surface area contributed by atoms with E-state index < -0.39 is 0 Å². The Bertz CT molecular complexity index is 1800. The van der Waals surface area contributed by atoms with Crippen molar-refractivity contribution in [3.63, 3.8) is 0 Å². The summed E-state index contributed by atoms with van der Waals surface area (Å²) in [6.45, 7) is 13.3. The third-order valence-corrected chi connectivity index (χ3v) is 8.89. The third-order valence-electron chi connectivity index (χ3n) is 7.86. The van der Waals surface area contributed by atoms with Gasteiger partial charge in [-0.15, -0.1) is 0 Å². The number of aromatic nitrogens is 2. The molecule has 0 saturated carbocycles. The molecule has 0 saturated heterocycles. The quantitative estimate of drug-likeness (QED) is 0.0451. The molecule has 10 heteroatoms. The summed E-state index contributed by atoms with van der Waals surface area (Å²) in [5, 5.41) is 23.6. The maximum absolute atomic E-state index is 12.9. The predicted molar refractivity (Wildman–Crippen MR) is 188 cm³/mol. The highest BCUT2D eigenvalue weighted by Crippen LogP contribution is 2.35. The lowest BCUT2D eigenvalue weighted by atomic mass is 9.90. The van der Waals surface area contributed by atoms with Gasteiger partial charge in [0.1, 0.15) is 17.0 Å². The first-order chi connectivity index (χ1) is 22.2. The van der Waals surface area contributed by atoms with Crippen molar-refractivity contribution in [2.24, 2.45) is 0 Å². The van der Waals surface area contributed by atoms with Gasteiger partial charge >= 0.3 is 0 Å². The van der Waals surface area contributed by atoms with Crippen molar-refractivity contribution in [2.75, 3.05) is 18.4 Å². The van der Waals surface area contributed by atoms with Gasteiger partial charge in [0.25, 0.3) is 5.91 Å².